The van der Waals surface area contributed by atoms with Crippen molar-refractivity contribution < 1.29 is 27.1 Å². The number of aldehydes is 1. The normalized spacial score (nSPS) is 24.7. The lowest BCUT2D eigenvalue weighted by atomic mass is 9.82. The summed E-state index contributed by atoms with van der Waals surface area (Å²) in [5.41, 5.74) is 0.859. The van der Waals surface area contributed by atoms with Crippen LogP contribution in [0.5, 0.6) is 5.75 Å². The van der Waals surface area contributed by atoms with Crippen LogP contribution >= 0.6 is 0 Å². The lowest BCUT2D eigenvalue weighted by Crippen LogP contribution is -2.29. The third kappa shape index (κ3) is 3.90. The number of hydrogen-bond donors (Lipinski definition) is 0. The van der Waals surface area contributed by atoms with E-state index in [1.807, 2.05) is 0 Å². The van der Waals surface area contributed by atoms with Crippen molar-refractivity contribution in [2.45, 2.75) is 50.6 Å². The van der Waals surface area contributed by atoms with Crippen molar-refractivity contribution in [3.05, 3.63) is 29.1 Å². The third-order valence-electron chi connectivity index (χ3n) is 5.06. The van der Waals surface area contributed by atoms with Crippen LogP contribution in [-0.2, 0) is 0 Å². The molecule has 0 heterocycles. The average Bonchev–Trinajstić information content (AvgIpc) is 3.37. The predicted octanol–water partition coefficient (Wildman–Crippen LogP) is 5.26. The Morgan fingerprint density at radius 1 is 1.08 bits per heavy atom. The van der Waals surface area contributed by atoms with Crippen LogP contribution in [0.4, 0.5) is 17.6 Å². The van der Waals surface area contributed by atoms with Crippen molar-refractivity contribution in [1.29, 1.82) is 0 Å². The van der Waals surface area contributed by atoms with Gasteiger partial charge in [0.05, 0.1) is 18.1 Å². The van der Waals surface area contributed by atoms with E-state index in [1.54, 1.807) is 0 Å². The molecular weight excluding hydrogens is 324 g/mol. The largest absolute Gasteiger partial charge is 0.493 e. The van der Waals surface area contributed by atoms with Crippen LogP contribution in [0.3, 0.4) is 0 Å². The Labute approximate surface area is 138 Å². The maximum atomic E-state index is 13.8. The molecule has 2 fully saturated rings. The van der Waals surface area contributed by atoms with Gasteiger partial charge in [0.1, 0.15) is 11.6 Å². The summed E-state index contributed by atoms with van der Waals surface area (Å²) in [7, 11) is 0. The Morgan fingerprint density at radius 2 is 1.75 bits per heavy atom. The quantitative estimate of drug-likeness (QED) is 0.538. The SMILES string of the molecule is O=Cc1cc(C2CC2)c(OCC2CCC(C(F)(F)F)CC2)cc1F. The van der Waals surface area contributed by atoms with Crippen LogP contribution in [-0.4, -0.2) is 19.1 Å². The molecule has 3 rings (SSSR count). The summed E-state index contributed by atoms with van der Waals surface area (Å²) in [5.74, 6) is -1.05. The smallest absolute Gasteiger partial charge is 0.391 e. The summed E-state index contributed by atoms with van der Waals surface area (Å²) >= 11 is 0. The molecule has 132 valence electrons. The minimum atomic E-state index is -4.11. The predicted molar refractivity (Wildman–Crippen MR) is 80.8 cm³/mol. The van der Waals surface area contributed by atoms with Gasteiger partial charge in [0, 0.05) is 6.07 Å². The first-order chi connectivity index (χ1) is 11.4. The number of carbonyl (C=O) groups is 1. The van der Waals surface area contributed by atoms with Crippen LogP contribution in [0.2, 0.25) is 0 Å². The Morgan fingerprint density at radius 3 is 2.29 bits per heavy atom. The van der Waals surface area contributed by atoms with Gasteiger partial charge in [-0.2, -0.15) is 13.2 Å². The molecule has 6 heteroatoms. The first-order valence-electron chi connectivity index (χ1n) is 8.36. The number of ether oxygens (including phenoxy) is 1. The molecule has 0 radical (unpaired) electrons. The zero-order chi connectivity index (χ0) is 17.3. The van der Waals surface area contributed by atoms with Gasteiger partial charge in [-0.15, -0.1) is 0 Å². The third-order valence-corrected chi connectivity index (χ3v) is 5.06. The van der Waals surface area contributed by atoms with E-state index in [2.05, 4.69) is 0 Å². The Bertz CT molecular complexity index is 600. The molecule has 1 aromatic rings. The second-order valence-corrected chi connectivity index (χ2v) is 6.87. The van der Waals surface area contributed by atoms with Crippen LogP contribution in [0.1, 0.15) is 60.4 Å². The number of benzene rings is 1. The van der Waals surface area contributed by atoms with Crippen LogP contribution in [0, 0.1) is 17.7 Å². The summed E-state index contributed by atoms with van der Waals surface area (Å²) in [6.07, 6.45) is -0.456. The van der Waals surface area contributed by atoms with Crippen molar-refractivity contribution in [3.63, 3.8) is 0 Å². The van der Waals surface area contributed by atoms with Crippen LogP contribution in [0.25, 0.3) is 0 Å². The standard InChI is InChI=1S/C18H20F4O2/c19-16-8-17(15(12-3-4-12)7-13(16)9-23)24-10-11-1-5-14(6-2-11)18(20,21)22/h7-9,11-12,14H,1-6,10H2. The van der Waals surface area contributed by atoms with E-state index in [9.17, 15) is 22.4 Å². The maximum absolute atomic E-state index is 13.8. The second kappa shape index (κ2) is 6.73. The van der Waals surface area contributed by atoms with Crippen molar-refractivity contribution in [1.82, 2.24) is 0 Å². The first-order valence-corrected chi connectivity index (χ1v) is 8.36. The molecule has 0 amide bonds. The summed E-state index contributed by atoms with van der Waals surface area (Å²) in [6, 6.07) is 2.77. The molecule has 1 aromatic carbocycles. The molecule has 2 aliphatic rings. The zero-order valence-electron chi connectivity index (χ0n) is 13.2. The van der Waals surface area contributed by atoms with Gasteiger partial charge in [-0.1, -0.05) is 0 Å². The van der Waals surface area contributed by atoms with E-state index in [0.29, 0.717) is 37.4 Å². The van der Waals surface area contributed by atoms with Gasteiger partial charge >= 0.3 is 6.18 Å². The van der Waals surface area contributed by atoms with Gasteiger partial charge in [-0.25, -0.2) is 4.39 Å². The van der Waals surface area contributed by atoms with Crippen LogP contribution < -0.4 is 4.74 Å². The van der Waals surface area contributed by atoms with Gasteiger partial charge in [-0.3, -0.25) is 4.79 Å². The molecule has 2 nitrogen and oxygen atoms in total. The van der Waals surface area contributed by atoms with E-state index < -0.39 is 17.9 Å². The van der Waals surface area contributed by atoms with E-state index >= 15 is 0 Å². The highest BCUT2D eigenvalue weighted by molar-refractivity contribution is 5.76. The molecular formula is C18H20F4O2. The van der Waals surface area contributed by atoms with Crippen molar-refractivity contribution >= 4 is 6.29 Å². The van der Waals surface area contributed by atoms with Crippen LogP contribution in [0.15, 0.2) is 12.1 Å². The summed E-state index contributed by atoms with van der Waals surface area (Å²) in [6.45, 7) is 0.296. The highest BCUT2D eigenvalue weighted by atomic mass is 19.4. The number of alkyl halides is 3. The highest BCUT2D eigenvalue weighted by Crippen LogP contribution is 2.45. The van der Waals surface area contributed by atoms with Crippen molar-refractivity contribution in [3.8, 4) is 5.75 Å². The van der Waals surface area contributed by atoms with E-state index in [4.69, 9.17) is 4.74 Å². The van der Waals surface area contributed by atoms with Gasteiger partial charge in [0.2, 0.25) is 0 Å². The fourth-order valence-electron chi connectivity index (χ4n) is 3.38. The monoisotopic (exact) mass is 344 g/mol. The minimum absolute atomic E-state index is 0.0231. The highest BCUT2D eigenvalue weighted by Gasteiger charge is 2.41. The number of halogens is 4. The Hall–Kier alpha value is -1.59. The summed E-state index contributed by atoms with van der Waals surface area (Å²) in [5, 5.41) is 0. The van der Waals surface area contributed by atoms with Crippen molar-refractivity contribution in [2.24, 2.45) is 11.8 Å². The van der Waals surface area contributed by atoms with Gasteiger partial charge in [0.15, 0.2) is 6.29 Å². The fourth-order valence-corrected chi connectivity index (χ4v) is 3.38. The van der Waals surface area contributed by atoms with E-state index in [-0.39, 0.29) is 24.3 Å². The average molecular weight is 344 g/mol. The van der Waals surface area contributed by atoms with E-state index in [1.165, 1.54) is 12.1 Å². The van der Waals surface area contributed by atoms with Gasteiger partial charge < -0.3 is 4.74 Å². The zero-order valence-corrected chi connectivity index (χ0v) is 13.2. The molecule has 0 unspecified atom stereocenters. The lowest BCUT2D eigenvalue weighted by Gasteiger charge is -2.29. The number of rotatable bonds is 5. The molecule has 0 spiro atoms. The number of carbonyl (C=O) groups excluding carboxylic acids is 1. The molecule has 0 atom stereocenters. The molecule has 2 saturated carbocycles. The Balaban J connectivity index is 1.61. The molecule has 0 aromatic heterocycles. The van der Waals surface area contributed by atoms with E-state index in [0.717, 1.165) is 18.4 Å². The van der Waals surface area contributed by atoms with Gasteiger partial charge in [-0.05, 0) is 62.0 Å². The molecule has 0 N–H and O–H groups in total. The molecule has 0 saturated heterocycles. The second-order valence-electron chi connectivity index (χ2n) is 6.87. The molecule has 0 aliphatic heterocycles. The summed E-state index contributed by atoms with van der Waals surface area (Å²) in [4.78, 5) is 10.9. The number of hydrogen-bond acceptors (Lipinski definition) is 2. The molecule has 0 bridgehead atoms. The van der Waals surface area contributed by atoms with Crippen molar-refractivity contribution in [2.75, 3.05) is 6.61 Å². The summed E-state index contributed by atoms with van der Waals surface area (Å²) < 4.78 is 57.6. The fraction of sp³-hybridized carbons (Fsp3) is 0.611. The Kier molecular flexibility index (Phi) is 4.83. The lowest BCUT2D eigenvalue weighted by molar-refractivity contribution is -0.184. The molecule has 2 aliphatic carbocycles. The molecule has 24 heavy (non-hydrogen) atoms. The topological polar surface area (TPSA) is 26.3 Å². The van der Waals surface area contributed by atoms with Gasteiger partial charge in [0.25, 0.3) is 0 Å². The first kappa shape index (κ1) is 17.2. The maximum Gasteiger partial charge on any atom is 0.391 e. The minimum Gasteiger partial charge on any atom is -0.493 e.